The number of hydrogen-bond acceptors (Lipinski definition) is 4. The van der Waals surface area contributed by atoms with Gasteiger partial charge in [-0.3, -0.25) is 0 Å². The zero-order valence-corrected chi connectivity index (χ0v) is 14.7. The van der Waals surface area contributed by atoms with E-state index in [-0.39, 0.29) is 18.4 Å². The van der Waals surface area contributed by atoms with Gasteiger partial charge in [0.15, 0.2) is 11.5 Å². The third kappa shape index (κ3) is 4.87. The minimum absolute atomic E-state index is 0. The molecule has 1 aliphatic rings. The monoisotopic (exact) mass is 349 g/mol. The third-order valence-electron chi connectivity index (χ3n) is 3.83. The van der Waals surface area contributed by atoms with Crippen LogP contribution in [0.5, 0.6) is 11.5 Å². The van der Waals surface area contributed by atoms with Crippen molar-refractivity contribution in [1.29, 1.82) is 0 Å². The van der Waals surface area contributed by atoms with Crippen LogP contribution < -0.4 is 14.8 Å². The Bertz CT molecular complexity index is 615. The van der Waals surface area contributed by atoms with Crippen molar-refractivity contribution < 1.29 is 14.2 Å². The van der Waals surface area contributed by atoms with Gasteiger partial charge in [-0.15, -0.1) is 12.4 Å². The maximum absolute atomic E-state index is 5.94. The van der Waals surface area contributed by atoms with Crippen molar-refractivity contribution in [3.63, 3.8) is 0 Å². The Labute approximate surface area is 149 Å². The van der Waals surface area contributed by atoms with Gasteiger partial charge >= 0.3 is 0 Å². The number of halogens is 1. The lowest BCUT2D eigenvalue weighted by molar-refractivity contribution is 0.0767. The lowest BCUT2D eigenvalue weighted by atomic mass is 10.1. The van der Waals surface area contributed by atoms with Crippen molar-refractivity contribution in [3.8, 4) is 11.5 Å². The minimum atomic E-state index is 0. The predicted molar refractivity (Wildman–Crippen MR) is 97.2 cm³/mol. The summed E-state index contributed by atoms with van der Waals surface area (Å²) in [5.74, 6) is 1.56. The summed E-state index contributed by atoms with van der Waals surface area (Å²) in [4.78, 5) is 0. The molecular weight excluding hydrogens is 326 g/mol. The van der Waals surface area contributed by atoms with Gasteiger partial charge in [-0.2, -0.15) is 0 Å². The van der Waals surface area contributed by atoms with E-state index in [0.717, 1.165) is 30.2 Å². The summed E-state index contributed by atoms with van der Waals surface area (Å²) in [6, 6.07) is 16.5. The molecule has 0 bridgehead atoms. The molecule has 1 atom stereocenters. The van der Waals surface area contributed by atoms with E-state index in [0.29, 0.717) is 19.8 Å². The molecule has 1 N–H and O–H groups in total. The smallest absolute Gasteiger partial charge is 0.161 e. The molecule has 0 radical (unpaired) electrons. The van der Waals surface area contributed by atoms with Crippen LogP contribution in [-0.2, 0) is 11.3 Å². The van der Waals surface area contributed by atoms with Gasteiger partial charge in [0.05, 0.1) is 25.9 Å². The number of rotatable bonds is 6. The predicted octanol–water partition coefficient (Wildman–Crippen LogP) is 3.75. The molecule has 5 heteroatoms. The molecule has 4 nitrogen and oxygen atoms in total. The van der Waals surface area contributed by atoms with Crippen molar-refractivity contribution in [2.75, 3.05) is 26.4 Å². The Morgan fingerprint density at radius 1 is 1.08 bits per heavy atom. The second-order valence-corrected chi connectivity index (χ2v) is 5.50. The average Bonchev–Trinajstić information content (AvgIpc) is 2.62. The molecule has 24 heavy (non-hydrogen) atoms. The Kier molecular flexibility index (Phi) is 7.37. The van der Waals surface area contributed by atoms with Crippen LogP contribution in [-0.4, -0.2) is 26.4 Å². The standard InChI is InChI=1S/C19H23NO3.ClH/c1-2-22-19-12-16(17-14-21-11-10-20-17)8-9-18(19)23-13-15-6-4-3-5-7-15;/h3-9,12,17,20H,2,10-11,13-14H2,1H3;1H/t17-;/m0./s1. The SMILES string of the molecule is CCOc1cc([C@@H]2COCCN2)ccc1OCc1ccccc1.Cl. The summed E-state index contributed by atoms with van der Waals surface area (Å²) in [7, 11) is 0. The fourth-order valence-corrected chi connectivity index (χ4v) is 2.64. The van der Waals surface area contributed by atoms with Crippen LogP contribution in [0.4, 0.5) is 0 Å². The van der Waals surface area contributed by atoms with Gasteiger partial charge in [-0.25, -0.2) is 0 Å². The molecular formula is C19H24ClNO3. The maximum atomic E-state index is 5.94. The quantitative estimate of drug-likeness (QED) is 0.862. The molecule has 3 rings (SSSR count). The molecule has 0 spiro atoms. The van der Waals surface area contributed by atoms with Crippen LogP contribution in [0.15, 0.2) is 48.5 Å². The Hall–Kier alpha value is -1.75. The van der Waals surface area contributed by atoms with E-state index in [9.17, 15) is 0 Å². The Balaban J connectivity index is 0.00000208. The molecule has 1 heterocycles. The van der Waals surface area contributed by atoms with E-state index in [2.05, 4.69) is 29.6 Å². The van der Waals surface area contributed by atoms with Gasteiger partial charge in [0.1, 0.15) is 6.61 Å². The van der Waals surface area contributed by atoms with Gasteiger partial charge < -0.3 is 19.5 Å². The van der Waals surface area contributed by atoms with Gasteiger partial charge in [0.25, 0.3) is 0 Å². The molecule has 1 saturated heterocycles. The van der Waals surface area contributed by atoms with Crippen LogP contribution in [0.25, 0.3) is 0 Å². The number of nitrogens with one attached hydrogen (secondary N) is 1. The van der Waals surface area contributed by atoms with Crippen molar-refractivity contribution in [2.45, 2.75) is 19.6 Å². The highest BCUT2D eigenvalue weighted by Gasteiger charge is 2.17. The molecule has 1 fully saturated rings. The molecule has 2 aromatic carbocycles. The first-order valence-corrected chi connectivity index (χ1v) is 8.11. The highest BCUT2D eigenvalue weighted by Crippen LogP contribution is 2.31. The van der Waals surface area contributed by atoms with E-state index in [4.69, 9.17) is 14.2 Å². The van der Waals surface area contributed by atoms with E-state index in [1.54, 1.807) is 0 Å². The molecule has 0 saturated carbocycles. The molecule has 0 unspecified atom stereocenters. The summed E-state index contributed by atoms with van der Waals surface area (Å²) in [6.45, 7) is 5.46. The minimum Gasteiger partial charge on any atom is -0.490 e. The Morgan fingerprint density at radius 2 is 1.92 bits per heavy atom. The molecule has 0 aliphatic carbocycles. The first kappa shape index (κ1) is 18.6. The molecule has 0 aromatic heterocycles. The summed E-state index contributed by atoms with van der Waals surface area (Å²) in [5.41, 5.74) is 2.31. The number of hydrogen-bond donors (Lipinski definition) is 1. The normalized spacial score (nSPS) is 17.0. The van der Waals surface area contributed by atoms with Gasteiger partial charge in [-0.1, -0.05) is 36.4 Å². The zero-order chi connectivity index (χ0) is 15.9. The fourth-order valence-electron chi connectivity index (χ4n) is 2.64. The largest absolute Gasteiger partial charge is 0.490 e. The third-order valence-corrected chi connectivity index (χ3v) is 3.83. The second kappa shape index (κ2) is 9.52. The summed E-state index contributed by atoms with van der Waals surface area (Å²) < 4.78 is 17.2. The van der Waals surface area contributed by atoms with Gasteiger partial charge in [-0.05, 0) is 30.2 Å². The molecule has 130 valence electrons. The van der Waals surface area contributed by atoms with Gasteiger partial charge in [0, 0.05) is 6.54 Å². The summed E-state index contributed by atoms with van der Waals surface area (Å²) in [6.07, 6.45) is 0. The highest BCUT2D eigenvalue weighted by molar-refractivity contribution is 5.85. The lowest BCUT2D eigenvalue weighted by Gasteiger charge is -2.25. The molecule has 1 aliphatic heterocycles. The second-order valence-electron chi connectivity index (χ2n) is 5.50. The van der Waals surface area contributed by atoms with E-state index >= 15 is 0 Å². The fraction of sp³-hybridized carbons (Fsp3) is 0.368. The first-order chi connectivity index (χ1) is 11.4. The molecule has 0 amide bonds. The number of ether oxygens (including phenoxy) is 3. The maximum Gasteiger partial charge on any atom is 0.161 e. The molecule has 2 aromatic rings. The Morgan fingerprint density at radius 3 is 2.62 bits per heavy atom. The van der Waals surface area contributed by atoms with E-state index in [1.165, 1.54) is 5.56 Å². The van der Waals surface area contributed by atoms with Crippen molar-refractivity contribution in [3.05, 3.63) is 59.7 Å². The lowest BCUT2D eigenvalue weighted by Crippen LogP contribution is -2.34. The first-order valence-electron chi connectivity index (χ1n) is 8.11. The van der Waals surface area contributed by atoms with Crippen molar-refractivity contribution in [2.24, 2.45) is 0 Å². The average molecular weight is 350 g/mol. The summed E-state index contributed by atoms with van der Waals surface area (Å²) in [5, 5.41) is 3.46. The van der Waals surface area contributed by atoms with Crippen molar-refractivity contribution in [1.82, 2.24) is 5.32 Å². The topological polar surface area (TPSA) is 39.7 Å². The van der Waals surface area contributed by atoms with Gasteiger partial charge in [0.2, 0.25) is 0 Å². The van der Waals surface area contributed by atoms with Crippen LogP contribution in [0.3, 0.4) is 0 Å². The van der Waals surface area contributed by atoms with E-state index in [1.807, 2.05) is 31.2 Å². The zero-order valence-electron chi connectivity index (χ0n) is 13.9. The van der Waals surface area contributed by atoms with Crippen LogP contribution in [0.2, 0.25) is 0 Å². The van der Waals surface area contributed by atoms with E-state index < -0.39 is 0 Å². The highest BCUT2D eigenvalue weighted by atomic mass is 35.5. The number of benzene rings is 2. The van der Waals surface area contributed by atoms with Crippen LogP contribution in [0, 0.1) is 0 Å². The van der Waals surface area contributed by atoms with Crippen LogP contribution >= 0.6 is 12.4 Å². The van der Waals surface area contributed by atoms with Crippen molar-refractivity contribution >= 4 is 12.4 Å². The summed E-state index contributed by atoms with van der Waals surface area (Å²) >= 11 is 0. The number of morpholine rings is 1. The van der Waals surface area contributed by atoms with Crippen LogP contribution in [0.1, 0.15) is 24.1 Å².